The van der Waals surface area contributed by atoms with Crippen LogP contribution in [0.3, 0.4) is 0 Å². The second kappa shape index (κ2) is 4.84. The quantitative estimate of drug-likeness (QED) is 0.800. The average molecular weight is 308 g/mol. The van der Waals surface area contributed by atoms with Gasteiger partial charge in [0, 0.05) is 24.9 Å². The Morgan fingerprint density at radius 3 is 2.40 bits per heavy atom. The molecule has 1 fully saturated rings. The molecule has 0 radical (unpaired) electrons. The predicted molar refractivity (Wildman–Crippen MR) is 68.1 cm³/mol. The number of carbonyl (C=O) groups is 1. The summed E-state index contributed by atoms with van der Waals surface area (Å²) in [5.41, 5.74) is 1.84. The van der Waals surface area contributed by atoms with E-state index in [0.717, 1.165) is 22.4 Å². The fourth-order valence-electron chi connectivity index (χ4n) is 3.18. The number of amides is 1. The van der Waals surface area contributed by atoms with Gasteiger partial charge in [-0.25, -0.2) is 0 Å². The maximum Gasteiger partial charge on any atom is 0.471 e. The van der Waals surface area contributed by atoms with Crippen LogP contribution in [0.4, 0.5) is 13.2 Å². The Bertz CT molecular complexity index is 547. The van der Waals surface area contributed by atoms with Crippen LogP contribution in [0.25, 0.3) is 0 Å². The fraction of sp³-hybridized carbons (Fsp3) is 0.462. The minimum absolute atomic E-state index is 0. The number of halogens is 4. The minimum atomic E-state index is -4.81. The van der Waals surface area contributed by atoms with Crippen molar-refractivity contribution in [3.63, 3.8) is 0 Å². The van der Waals surface area contributed by atoms with Crippen LogP contribution in [0, 0.1) is 0 Å². The van der Waals surface area contributed by atoms with E-state index in [1.165, 1.54) is 6.07 Å². The molecule has 1 aliphatic carbocycles. The van der Waals surface area contributed by atoms with Gasteiger partial charge in [0.15, 0.2) is 0 Å². The first-order chi connectivity index (χ1) is 8.86. The summed E-state index contributed by atoms with van der Waals surface area (Å²) < 4.78 is 37.4. The standard InChI is InChI=1S/C13H12F3NO2.ClH/c14-13(15,16)12(19)17-5-7-3-8(6-17)11-4-9(18)1-2-10(7)11;/h1-2,4,7-8,18H,3,5-6H2;1H. The maximum atomic E-state index is 12.5. The van der Waals surface area contributed by atoms with Gasteiger partial charge < -0.3 is 10.0 Å². The van der Waals surface area contributed by atoms with Gasteiger partial charge in [-0.1, -0.05) is 6.07 Å². The molecule has 3 nitrogen and oxygen atoms in total. The molecule has 7 heteroatoms. The molecule has 2 atom stereocenters. The molecule has 2 bridgehead atoms. The summed E-state index contributed by atoms with van der Waals surface area (Å²) in [6, 6.07) is 4.88. The summed E-state index contributed by atoms with van der Waals surface area (Å²) >= 11 is 0. The Morgan fingerprint density at radius 1 is 1.20 bits per heavy atom. The average Bonchev–Trinajstić information content (AvgIpc) is 2.59. The molecule has 1 N–H and O–H groups in total. The van der Waals surface area contributed by atoms with E-state index in [4.69, 9.17) is 0 Å². The van der Waals surface area contributed by atoms with E-state index >= 15 is 0 Å². The molecule has 1 amide bonds. The minimum Gasteiger partial charge on any atom is -0.508 e. The highest BCUT2D eigenvalue weighted by Gasteiger charge is 2.47. The van der Waals surface area contributed by atoms with Crippen molar-refractivity contribution in [2.45, 2.75) is 24.4 Å². The lowest BCUT2D eigenvalue weighted by Crippen LogP contribution is -2.46. The van der Waals surface area contributed by atoms with Crippen molar-refractivity contribution in [1.29, 1.82) is 0 Å². The highest BCUT2D eigenvalue weighted by molar-refractivity contribution is 5.85. The number of carbonyl (C=O) groups excluding carboxylic acids is 1. The van der Waals surface area contributed by atoms with Crippen molar-refractivity contribution in [2.24, 2.45) is 0 Å². The molecular weight excluding hydrogens is 295 g/mol. The molecule has 0 aromatic heterocycles. The van der Waals surface area contributed by atoms with Gasteiger partial charge in [-0.15, -0.1) is 12.4 Å². The number of phenolic OH excluding ortho intramolecular Hbond substituents is 1. The first kappa shape index (κ1) is 15.0. The van der Waals surface area contributed by atoms with Gasteiger partial charge in [0.25, 0.3) is 0 Å². The maximum absolute atomic E-state index is 12.5. The molecular formula is C13H13ClF3NO2. The number of phenols is 1. The highest BCUT2D eigenvalue weighted by Crippen LogP contribution is 2.47. The third kappa shape index (κ3) is 2.32. The number of rotatable bonds is 0. The van der Waals surface area contributed by atoms with Crippen molar-refractivity contribution in [3.05, 3.63) is 29.3 Å². The van der Waals surface area contributed by atoms with Crippen LogP contribution in [0.15, 0.2) is 18.2 Å². The lowest BCUT2D eigenvalue weighted by molar-refractivity contribution is -0.186. The Hall–Kier alpha value is -1.43. The first-order valence-electron chi connectivity index (χ1n) is 6.05. The molecule has 3 rings (SSSR count). The third-order valence-electron chi connectivity index (χ3n) is 3.93. The van der Waals surface area contributed by atoms with E-state index in [1.54, 1.807) is 12.1 Å². The normalized spacial score (nSPS) is 24.1. The van der Waals surface area contributed by atoms with E-state index in [9.17, 15) is 23.1 Å². The largest absolute Gasteiger partial charge is 0.508 e. The fourth-order valence-corrected chi connectivity index (χ4v) is 3.18. The van der Waals surface area contributed by atoms with Crippen LogP contribution in [-0.2, 0) is 4.79 Å². The summed E-state index contributed by atoms with van der Waals surface area (Å²) in [6.07, 6.45) is -4.06. The summed E-state index contributed by atoms with van der Waals surface area (Å²) in [5.74, 6) is -1.81. The van der Waals surface area contributed by atoms with Gasteiger partial charge in [0.05, 0.1) is 0 Å². The monoisotopic (exact) mass is 307 g/mol. The van der Waals surface area contributed by atoms with Gasteiger partial charge in [0.1, 0.15) is 5.75 Å². The zero-order chi connectivity index (χ0) is 13.8. The molecule has 1 aromatic carbocycles. The number of piperidine rings is 1. The zero-order valence-corrected chi connectivity index (χ0v) is 11.2. The van der Waals surface area contributed by atoms with E-state index in [2.05, 4.69) is 0 Å². The summed E-state index contributed by atoms with van der Waals surface area (Å²) in [4.78, 5) is 12.2. The number of hydrogen-bond acceptors (Lipinski definition) is 2. The van der Waals surface area contributed by atoms with E-state index in [1.807, 2.05) is 0 Å². The van der Waals surface area contributed by atoms with Crippen molar-refractivity contribution < 1.29 is 23.1 Å². The van der Waals surface area contributed by atoms with Crippen molar-refractivity contribution in [1.82, 2.24) is 4.90 Å². The summed E-state index contributed by atoms with van der Waals surface area (Å²) in [6.45, 7) is 0.178. The number of likely N-dealkylation sites (tertiary alicyclic amines) is 1. The second-order valence-corrected chi connectivity index (χ2v) is 5.15. The Balaban J connectivity index is 0.00000147. The Kier molecular flexibility index (Phi) is 3.62. The first-order valence-corrected chi connectivity index (χ1v) is 6.05. The highest BCUT2D eigenvalue weighted by atomic mass is 35.5. The van der Waals surface area contributed by atoms with Crippen molar-refractivity contribution >= 4 is 18.3 Å². The zero-order valence-electron chi connectivity index (χ0n) is 10.4. The summed E-state index contributed by atoms with van der Waals surface area (Å²) in [5, 5.41) is 9.46. The second-order valence-electron chi connectivity index (χ2n) is 5.15. The van der Waals surface area contributed by atoms with Crippen molar-refractivity contribution in [2.75, 3.05) is 13.1 Å². The molecule has 1 aromatic rings. The topological polar surface area (TPSA) is 40.5 Å². The third-order valence-corrected chi connectivity index (χ3v) is 3.93. The van der Waals surface area contributed by atoms with Gasteiger partial charge in [0.2, 0.25) is 0 Å². The van der Waals surface area contributed by atoms with Crippen LogP contribution in [0.1, 0.15) is 29.4 Å². The van der Waals surface area contributed by atoms with Gasteiger partial charge in [-0.3, -0.25) is 4.79 Å². The molecule has 2 unspecified atom stereocenters. The van der Waals surface area contributed by atoms with Crippen LogP contribution >= 0.6 is 12.4 Å². The number of alkyl halides is 3. The summed E-state index contributed by atoms with van der Waals surface area (Å²) in [7, 11) is 0. The smallest absolute Gasteiger partial charge is 0.471 e. The van der Waals surface area contributed by atoms with Gasteiger partial charge in [-0.05, 0) is 29.7 Å². The van der Waals surface area contributed by atoms with Crippen LogP contribution in [-0.4, -0.2) is 35.2 Å². The molecule has 110 valence electrons. The number of nitrogens with zero attached hydrogens (tertiary/aromatic N) is 1. The lowest BCUT2D eigenvalue weighted by Gasteiger charge is -2.32. The van der Waals surface area contributed by atoms with E-state index < -0.39 is 12.1 Å². The molecule has 1 aliphatic heterocycles. The number of aromatic hydroxyl groups is 1. The predicted octanol–water partition coefficient (Wildman–Crippen LogP) is 2.79. The van der Waals surface area contributed by atoms with Crippen LogP contribution in [0.2, 0.25) is 0 Å². The molecule has 0 spiro atoms. The molecule has 20 heavy (non-hydrogen) atoms. The van der Waals surface area contributed by atoms with E-state index in [0.29, 0.717) is 0 Å². The Morgan fingerprint density at radius 2 is 1.80 bits per heavy atom. The van der Waals surface area contributed by atoms with Gasteiger partial charge >= 0.3 is 12.1 Å². The van der Waals surface area contributed by atoms with Gasteiger partial charge in [-0.2, -0.15) is 13.2 Å². The van der Waals surface area contributed by atoms with Crippen LogP contribution < -0.4 is 0 Å². The number of fused-ring (bicyclic) bond motifs is 5. The lowest BCUT2D eigenvalue weighted by atomic mass is 9.96. The Labute approximate surface area is 119 Å². The molecule has 1 heterocycles. The molecule has 2 aliphatic rings. The SMILES string of the molecule is Cl.O=C(N1CC2CC(C1)c1cc(O)ccc12)C(F)(F)F. The van der Waals surface area contributed by atoms with E-state index in [-0.39, 0.29) is 43.1 Å². The number of hydrogen-bond donors (Lipinski definition) is 1. The van der Waals surface area contributed by atoms with Crippen LogP contribution in [0.5, 0.6) is 5.75 Å². The molecule has 1 saturated heterocycles. The van der Waals surface area contributed by atoms with Crippen molar-refractivity contribution in [3.8, 4) is 5.75 Å². The number of benzene rings is 1. The molecule has 0 saturated carbocycles.